The van der Waals surface area contributed by atoms with Crippen LogP contribution in [0.15, 0.2) is 66.1 Å². The fraction of sp³-hybridized carbons (Fsp3) is 0.158. The molecule has 2 atom stereocenters. The standard InChI is InChI=1S/C19H15FN2O2S/c20-14-8-6-13(7-9-14)12-21-16-10-11-25-17(16)18(23)22(19(21)24)15-4-2-1-3-5-15/h1-11,16-17H,12H2. The number of hydrogen-bond acceptors (Lipinski definition) is 3. The van der Waals surface area contributed by atoms with E-state index >= 15 is 0 Å². The molecular formula is C19H15FN2O2S. The summed E-state index contributed by atoms with van der Waals surface area (Å²) in [6.45, 7) is 0.321. The van der Waals surface area contributed by atoms with E-state index in [0.29, 0.717) is 12.2 Å². The van der Waals surface area contributed by atoms with Crippen LogP contribution in [0.4, 0.5) is 14.9 Å². The first kappa shape index (κ1) is 15.9. The Labute approximate surface area is 148 Å². The van der Waals surface area contributed by atoms with Gasteiger partial charge in [-0.1, -0.05) is 36.4 Å². The van der Waals surface area contributed by atoms with E-state index in [2.05, 4.69) is 0 Å². The fourth-order valence-electron chi connectivity index (χ4n) is 3.12. The van der Waals surface area contributed by atoms with Gasteiger partial charge in [0.1, 0.15) is 11.1 Å². The molecule has 2 aromatic rings. The summed E-state index contributed by atoms with van der Waals surface area (Å²) in [7, 11) is 0. The maximum atomic E-state index is 13.1. The highest BCUT2D eigenvalue weighted by Gasteiger charge is 2.47. The lowest BCUT2D eigenvalue weighted by atomic mass is 10.1. The molecule has 4 nitrogen and oxygen atoms in total. The number of halogens is 1. The van der Waals surface area contributed by atoms with Crippen LogP contribution in [-0.4, -0.2) is 28.1 Å². The zero-order valence-corrected chi connectivity index (χ0v) is 14.0. The van der Waals surface area contributed by atoms with Crippen LogP contribution in [-0.2, 0) is 11.3 Å². The van der Waals surface area contributed by atoms with E-state index in [1.54, 1.807) is 41.3 Å². The third-order valence-corrected chi connectivity index (χ3v) is 5.44. The Morgan fingerprint density at radius 3 is 2.44 bits per heavy atom. The van der Waals surface area contributed by atoms with E-state index in [1.165, 1.54) is 28.8 Å². The molecule has 0 aromatic heterocycles. The van der Waals surface area contributed by atoms with Crippen molar-refractivity contribution in [2.75, 3.05) is 4.90 Å². The lowest BCUT2D eigenvalue weighted by Gasteiger charge is -2.41. The van der Waals surface area contributed by atoms with Gasteiger partial charge in [0.15, 0.2) is 0 Å². The second kappa shape index (κ2) is 6.37. The molecule has 25 heavy (non-hydrogen) atoms. The van der Waals surface area contributed by atoms with Crippen LogP contribution >= 0.6 is 11.8 Å². The Hall–Kier alpha value is -2.60. The Morgan fingerprint density at radius 2 is 1.72 bits per heavy atom. The molecule has 2 aromatic carbocycles. The number of benzene rings is 2. The zero-order chi connectivity index (χ0) is 17.4. The Balaban J connectivity index is 1.69. The SMILES string of the molecule is O=C1C2SC=CC2N(Cc2ccc(F)cc2)C(=O)N1c1ccccc1. The summed E-state index contributed by atoms with van der Waals surface area (Å²) in [5.41, 5.74) is 1.38. The molecule has 2 unspecified atom stereocenters. The van der Waals surface area contributed by atoms with Gasteiger partial charge in [-0.2, -0.15) is 0 Å². The van der Waals surface area contributed by atoms with Crippen molar-refractivity contribution in [1.82, 2.24) is 4.90 Å². The number of nitrogens with zero attached hydrogens (tertiary/aromatic N) is 2. The Bertz CT molecular complexity index is 838. The number of carbonyl (C=O) groups is 2. The number of rotatable bonds is 3. The molecule has 0 radical (unpaired) electrons. The average Bonchev–Trinajstić information content (AvgIpc) is 3.11. The molecule has 0 bridgehead atoms. The molecule has 2 aliphatic heterocycles. The van der Waals surface area contributed by atoms with Gasteiger partial charge in [0.05, 0.1) is 11.7 Å². The fourth-order valence-corrected chi connectivity index (χ4v) is 4.16. The summed E-state index contributed by atoms with van der Waals surface area (Å²) in [5.74, 6) is -0.518. The highest BCUT2D eigenvalue weighted by atomic mass is 32.2. The number of para-hydroxylation sites is 1. The maximum absolute atomic E-state index is 13.1. The van der Waals surface area contributed by atoms with Crippen LogP contribution in [0, 0.1) is 5.82 Å². The molecule has 126 valence electrons. The molecule has 1 fully saturated rings. The molecule has 0 N–H and O–H groups in total. The van der Waals surface area contributed by atoms with Gasteiger partial charge in [0, 0.05) is 6.54 Å². The third-order valence-electron chi connectivity index (χ3n) is 4.35. The molecule has 2 heterocycles. The predicted octanol–water partition coefficient (Wildman–Crippen LogP) is 3.79. The molecule has 2 aliphatic rings. The summed E-state index contributed by atoms with van der Waals surface area (Å²) in [6, 6.07) is 14.4. The first-order chi connectivity index (χ1) is 12.1. The first-order valence-corrected chi connectivity index (χ1v) is 8.85. The molecule has 0 saturated carbocycles. The van der Waals surface area contributed by atoms with Gasteiger partial charge in [-0.3, -0.25) is 4.79 Å². The monoisotopic (exact) mass is 354 g/mol. The predicted molar refractivity (Wildman–Crippen MR) is 95.6 cm³/mol. The molecule has 4 rings (SSSR count). The number of imide groups is 1. The number of carbonyl (C=O) groups excluding carboxylic acids is 2. The van der Waals surface area contributed by atoms with Crippen molar-refractivity contribution < 1.29 is 14.0 Å². The van der Waals surface area contributed by atoms with Gasteiger partial charge in [-0.25, -0.2) is 14.1 Å². The van der Waals surface area contributed by atoms with Gasteiger partial charge in [-0.15, -0.1) is 11.8 Å². The van der Waals surface area contributed by atoms with E-state index in [4.69, 9.17) is 0 Å². The van der Waals surface area contributed by atoms with Crippen LogP contribution in [0.1, 0.15) is 5.56 Å². The summed E-state index contributed by atoms with van der Waals surface area (Å²) in [4.78, 5) is 28.8. The average molecular weight is 354 g/mol. The van der Waals surface area contributed by atoms with Crippen LogP contribution < -0.4 is 4.90 Å². The van der Waals surface area contributed by atoms with Crippen molar-refractivity contribution in [2.24, 2.45) is 0 Å². The minimum atomic E-state index is -0.353. The summed E-state index contributed by atoms with van der Waals surface area (Å²) >= 11 is 1.43. The van der Waals surface area contributed by atoms with Gasteiger partial charge < -0.3 is 4.90 Å². The molecule has 3 amide bonds. The Morgan fingerprint density at radius 1 is 1.00 bits per heavy atom. The minimum Gasteiger partial charge on any atom is -0.312 e. The van der Waals surface area contributed by atoms with Crippen molar-refractivity contribution in [2.45, 2.75) is 17.8 Å². The first-order valence-electron chi connectivity index (χ1n) is 7.91. The van der Waals surface area contributed by atoms with Gasteiger partial charge in [0.2, 0.25) is 0 Å². The Kier molecular flexibility index (Phi) is 4.05. The second-order valence-electron chi connectivity index (χ2n) is 5.92. The van der Waals surface area contributed by atoms with Crippen molar-refractivity contribution in [3.63, 3.8) is 0 Å². The van der Waals surface area contributed by atoms with Gasteiger partial charge >= 0.3 is 6.03 Å². The zero-order valence-electron chi connectivity index (χ0n) is 13.2. The third kappa shape index (κ3) is 2.82. The minimum absolute atomic E-state index is 0.202. The summed E-state index contributed by atoms with van der Waals surface area (Å²) < 4.78 is 13.1. The van der Waals surface area contributed by atoms with Crippen LogP contribution in [0.25, 0.3) is 0 Å². The summed E-state index contributed by atoms with van der Waals surface area (Å²) in [6.07, 6.45) is 1.89. The van der Waals surface area contributed by atoms with Crippen LogP contribution in [0.3, 0.4) is 0 Å². The number of thioether (sulfide) groups is 1. The second-order valence-corrected chi connectivity index (χ2v) is 6.97. The van der Waals surface area contributed by atoms with E-state index < -0.39 is 0 Å². The number of urea groups is 1. The van der Waals surface area contributed by atoms with Crippen molar-refractivity contribution >= 4 is 29.4 Å². The highest BCUT2D eigenvalue weighted by molar-refractivity contribution is 8.03. The largest absolute Gasteiger partial charge is 0.332 e. The topological polar surface area (TPSA) is 40.6 Å². The van der Waals surface area contributed by atoms with E-state index in [0.717, 1.165) is 5.56 Å². The quantitative estimate of drug-likeness (QED) is 0.842. The highest BCUT2D eigenvalue weighted by Crippen LogP contribution is 2.36. The smallest absolute Gasteiger partial charge is 0.312 e. The van der Waals surface area contributed by atoms with Crippen LogP contribution in [0.5, 0.6) is 0 Å². The van der Waals surface area contributed by atoms with Crippen LogP contribution in [0.2, 0.25) is 0 Å². The molecule has 0 aliphatic carbocycles. The molecular weight excluding hydrogens is 339 g/mol. The van der Waals surface area contributed by atoms with E-state index in [-0.39, 0.29) is 29.0 Å². The van der Waals surface area contributed by atoms with Crippen molar-refractivity contribution in [3.05, 3.63) is 77.5 Å². The number of hydrogen-bond donors (Lipinski definition) is 0. The maximum Gasteiger partial charge on any atom is 0.332 e. The van der Waals surface area contributed by atoms with E-state index in [9.17, 15) is 14.0 Å². The lowest BCUT2D eigenvalue weighted by Crippen LogP contribution is -2.61. The van der Waals surface area contributed by atoms with Gasteiger partial charge in [0.25, 0.3) is 5.91 Å². The normalized spacial score (nSPS) is 22.4. The number of amides is 3. The van der Waals surface area contributed by atoms with Gasteiger partial charge in [-0.05, 0) is 35.2 Å². The van der Waals surface area contributed by atoms with Crippen molar-refractivity contribution in [1.29, 1.82) is 0 Å². The molecule has 1 saturated heterocycles. The number of fused-ring (bicyclic) bond motifs is 1. The molecule has 6 heteroatoms. The molecule has 0 spiro atoms. The lowest BCUT2D eigenvalue weighted by molar-refractivity contribution is -0.119. The number of anilines is 1. The van der Waals surface area contributed by atoms with Crippen molar-refractivity contribution in [3.8, 4) is 0 Å². The van der Waals surface area contributed by atoms with E-state index in [1.807, 2.05) is 17.6 Å². The summed E-state index contributed by atoms with van der Waals surface area (Å²) in [5, 5.41) is 1.52.